The van der Waals surface area contributed by atoms with Crippen LogP contribution < -0.4 is 0 Å². The first-order valence-electron chi connectivity index (χ1n) is 10.4. The molecule has 0 spiro atoms. The summed E-state index contributed by atoms with van der Waals surface area (Å²) in [6.07, 6.45) is 11.3. The Morgan fingerprint density at radius 2 is 1.81 bits per heavy atom. The maximum absolute atomic E-state index is 10.4. The van der Waals surface area contributed by atoms with E-state index < -0.39 is 0 Å². The first-order valence-corrected chi connectivity index (χ1v) is 10.4. The van der Waals surface area contributed by atoms with E-state index in [9.17, 15) is 10.5 Å². The normalized spacial score (nSPS) is 31.1. The van der Waals surface area contributed by atoms with Gasteiger partial charge in [-0.25, -0.2) is 0 Å². The lowest BCUT2D eigenvalue weighted by atomic mass is 9.54. The SMILES string of the molecule is N#C[C@H]1CCCC[C@H]1[C@@]1(C#N)CCCC[C@@H]1Cc1nccc2ccccc12. The molecule has 1 heterocycles. The second-order valence-corrected chi connectivity index (χ2v) is 8.40. The van der Waals surface area contributed by atoms with Gasteiger partial charge in [-0.3, -0.25) is 4.98 Å². The largest absolute Gasteiger partial charge is 0.261 e. The Labute approximate surface area is 162 Å². The van der Waals surface area contributed by atoms with Crippen LogP contribution in [0, 0.1) is 45.8 Å². The standard InChI is InChI=1S/C24H27N3/c25-16-19-8-2-4-11-22(19)24(17-26)13-6-5-9-20(24)15-23-21-10-3-1-7-18(21)12-14-27-23/h1,3,7,10,12,14,19-20,22H,2,4-6,8-9,11,13,15H2/t19-,20-,22-,24-/m1/s1. The second kappa shape index (κ2) is 7.69. The topological polar surface area (TPSA) is 60.5 Å². The van der Waals surface area contributed by atoms with E-state index in [1.54, 1.807) is 0 Å². The zero-order valence-corrected chi connectivity index (χ0v) is 15.9. The van der Waals surface area contributed by atoms with Crippen LogP contribution in [0.3, 0.4) is 0 Å². The van der Waals surface area contributed by atoms with Gasteiger partial charge < -0.3 is 0 Å². The van der Waals surface area contributed by atoms with Crippen molar-refractivity contribution in [1.82, 2.24) is 4.98 Å². The third-order valence-corrected chi connectivity index (χ3v) is 7.12. The van der Waals surface area contributed by atoms with Gasteiger partial charge in [0.05, 0.1) is 23.5 Å². The lowest BCUT2D eigenvalue weighted by Crippen LogP contribution is -2.44. The van der Waals surface area contributed by atoms with Crippen LogP contribution in [-0.4, -0.2) is 4.98 Å². The van der Waals surface area contributed by atoms with Crippen LogP contribution in [0.25, 0.3) is 10.8 Å². The summed E-state index contributed by atoms with van der Waals surface area (Å²) in [5.74, 6) is 0.564. The highest BCUT2D eigenvalue weighted by Crippen LogP contribution is 2.54. The van der Waals surface area contributed by atoms with Crippen LogP contribution in [0.4, 0.5) is 0 Å². The Hall–Kier alpha value is -2.39. The molecule has 2 aromatic rings. The van der Waals surface area contributed by atoms with Crippen molar-refractivity contribution in [1.29, 1.82) is 10.5 Å². The molecule has 1 aromatic heterocycles. The highest BCUT2D eigenvalue weighted by atomic mass is 14.7. The maximum Gasteiger partial charge on any atom is 0.0696 e. The highest BCUT2D eigenvalue weighted by Gasteiger charge is 2.50. The van der Waals surface area contributed by atoms with E-state index >= 15 is 0 Å². The minimum atomic E-state index is -0.363. The number of aromatic nitrogens is 1. The molecular formula is C24H27N3. The lowest BCUT2D eigenvalue weighted by molar-refractivity contribution is 0.0381. The van der Waals surface area contributed by atoms with Gasteiger partial charge in [0.1, 0.15) is 0 Å². The molecule has 0 bridgehead atoms. The predicted octanol–water partition coefficient (Wildman–Crippen LogP) is 5.81. The van der Waals surface area contributed by atoms with E-state index in [0.717, 1.165) is 57.1 Å². The zero-order chi connectivity index (χ0) is 18.7. The average molecular weight is 358 g/mol. The minimum absolute atomic E-state index is 0.0412. The molecule has 4 atom stereocenters. The highest BCUT2D eigenvalue weighted by molar-refractivity contribution is 5.84. The Kier molecular flexibility index (Phi) is 5.13. The van der Waals surface area contributed by atoms with Crippen molar-refractivity contribution < 1.29 is 0 Å². The molecule has 0 aliphatic heterocycles. The van der Waals surface area contributed by atoms with Gasteiger partial charge in [-0.05, 0) is 55.4 Å². The number of hydrogen-bond acceptors (Lipinski definition) is 3. The fraction of sp³-hybridized carbons (Fsp3) is 0.542. The summed E-state index contributed by atoms with van der Waals surface area (Å²) in [6.45, 7) is 0. The maximum atomic E-state index is 10.4. The minimum Gasteiger partial charge on any atom is -0.261 e. The number of rotatable bonds is 3. The molecule has 27 heavy (non-hydrogen) atoms. The molecule has 3 nitrogen and oxygen atoms in total. The van der Waals surface area contributed by atoms with Crippen molar-refractivity contribution >= 4 is 10.8 Å². The van der Waals surface area contributed by atoms with Gasteiger partial charge in [0.25, 0.3) is 0 Å². The van der Waals surface area contributed by atoms with Gasteiger partial charge in [0, 0.05) is 17.3 Å². The molecule has 2 saturated carbocycles. The molecule has 138 valence electrons. The number of benzene rings is 1. The van der Waals surface area contributed by atoms with E-state index in [0.29, 0.717) is 5.92 Å². The quantitative estimate of drug-likeness (QED) is 0.696. The van der Waals surface area contributed by atoms with Gasteiger partial charge in [0.15, 0.2) is 0 Å². The summed E-state index contributed by atoms with van der Waals surface area (Å²) in [4.78, 5) is 4.71. The number of nitrogens with zero attached hydrogens (tertiary/aromatic N) is 3. The molecule has 0 N–H and O–H groups in total. The van der Waals surface area contributed by atoms with E-state index in [1.165, 1.54) is 17.2 Å². The number of fused-ring (bicyclic) bond motifs is 1. The van der Waals surface area contributed by atoms with Crippen molar-refractivity contribution in [2.24, 2.45) is 23.2 Å². The molecule has 2 fully saturated rings. The number of hydrogen-bond donors (Lipinski definition) is 0. The van der Waals surface area contributed by atoms with Gasteiger partial charge in [-0.2, -0.15) is 10.5 Å². The van der Waals surface area contributed by atoms with Crippen molar-refractivity contribution in [3.63, 3.8) is 0 Å². The predicted molar refractivity (Wildman–Crippen MR) is 107 cm³/mol. The van der Waals surface area contributed by atoms with Gasteiger partial charge >= 0.3 is 0 Å². The molecular weight excluding hydrogens is 330 g/mol. The Morgan fingerprint density at radius 1 is 1.00 bits per heavy atom. The third kappa shape index (κ3) is 3.21. The second-order valence-electron chi connectivity index (χ2n) is 8.40. The fourth-order valence-electron chi connectivity index (χ4n) is 5.75. The van der Waals surface area contributed by atoms with Crippen LogP contribution in [0.5, 0.6) is 0 Å². The summed E-state index contributed by atoms with van der Waals surface area (Å²) in [7, 11) is 0. The van der Waals surface area contributed by atoms with Crippen LogP contribution in [0.1, 0.15) is 57.1 Å². The van der Waals surface area contributed by atoms with Crippen molar-refractivity contribution in [2.75, 3.05) is 0 Å². The first kappa shape index (κ1) is 18.0. The lowest BCUT2D eigenvalue weighted by Gasteiger charge is -2.47. The smallest absolute Gasteiger partial charge is 0.0696 e. The zero-order valence-electron chi connectivity index (χ0n) is 15.9. The van der Waals surface area contributed by atoms with Gasteiger partial charge in [-0.15, -0.1) is 0 Å². The molecule has 4 rings (SSSR count). The third-order valence-electron chi connectivity index (χ3n) is 7.12. The van der Waals surface area contributed by atoms with E-state index in [2.05, 4.69) is 42.5 Å². The van der Waals surface area contributed by atoms with Crippen LogP contribution in [0.2, 0.25) is 0 Å². The van der Waals surface area contributed by atoms with Crippen molar-refractivity contribution in [3.8, 4) is 12.1 Å². The van der Waals surface area contributed by atoms with E-state index in [-0.39, 0.29) is 17.3 Å². The summed E-state index contributed by atoms with van der Waals surface area (Å²) >= 11 is 0. The number of pyridine rings is 1. The summed E-state index contributed by atoms with van der Waals surface area (Å²) in [5.41, 5.74) is 0.751. The van der Waals surface area contributed by atoms with Crippen molar-refractivity contribution in [2.45, 2.75) is 57.8 Å². The van der Waals surface area contributed by atoms with Gasteiger partial charge in [-0.1, -0.05) is 49.9 Å². The molecule has 0 amide bonds. The molecule has 2 aliphatic rings. The monoisotopic (exact) mass is 357 g/mol. The molecule has 3 heteroatoms. The van der Waals surface area contributed by atoms with Crippen LogP contribution in [0.15, 0.2) is 36.5 Å². The van der Waals surface area contributed by atoms with Crippen LogP contribution >= 0.6 is 0 Å². The molecule has 2 aliphatic carbocycles. The van der Waals surface area contributed by atoms with E-state index in [1.807, 2.05) is 6.20 Å². The Bertz CT molecular complexity index is 885. The summed E-state index contributed by atoms with van der Waals surface area (Å²) in [6, 6.07) is 15.8. The molecule has 0 unspecified atom stereocenters. The Morgan fingerprint density at radius 3 is 2.67 bits per heavy atom. The first-order chi connectivity index (χ1) is 13.3. The fourth-order valence-corrected chi connectivity index (χ4v) is 5.75. The molecule has 0 saturated heterocycles. The van der Waals surface area contributed by atoms with Gasteiger partial charge in [0.2, 0.25) is 0 Å². The summed E-state index contributed by atoms with van der Waals surface area (Å²) < 4.78 is 0. The average Bonchev–Trinajstić information content (AvgIpc) is 2.74. The number of nitriles is 2. The summed E-state index contributed by atoms with van der Waals surface area (Å²) in [5, 5.41) is 22.6. The Balaban J connectivity index is 1.71. The molecule has 0 radical (unpaired) electrons. The van der Waals surface area contributed by atoms with Crippen LogP contribution in [-0.2, 0) is 6.42 Å². The van der Waals surface area contributed by atoms with Crippen molar-refractivity contribution in [3.05, 3.63) is 42.2 Å². The molecule has 1 aromatic carbocycles. The van der Waals surface area contributed by atoms with E-state index in [4.69, 9.17) is 4.98 Å².